The van der Waals surface area contributed by atoms with Gasteiger partial charge in [0.1, 0.15) is 12.3 Å². The fraction of sp³-hybridized carbons (Fsp3) is 0.577. The molecule has 0 spiro atoms. The smallest absolute Gasteiger partial charge is 0.423 e. The predicted octanol–water partition coefficient (Wildman–Crippen LogP) is 5.00. The van der Waals surface area contributed by atoms with Gasteiger partial charge in [-0.05, 0) is 42.1 Å². The van der Waals surface area contributed by atoms with Crippen molar-refractivity contribution in [2.24, 2.45) is 5.92 Å². The van der Waals surface area contributed by atoms with Crippen molar-refractivity contribution < 1.29 is 36.9 Å². The second kappa shape index (κ2) is 11.8. The highest BCUT2D eigenvalue weighted by molar-refractivity contribution is 6.76. The summed E-state index contributed by atoms with van der Waals surface area (Å²) in [6, 6.07) is 3.47. The molecule has 1 unspecified atom stereocenters. The zero-order chi connectivity index (χ0) is 29.2. The minimum Gasteiger partial charge on any atom is -0.490 e. The first kappa shape index (κ1) is 29.8. The predicted molar refractivity (Wildman–Crippen MR) is 142 cm³/mol. The molecule has 3 heterocycles. The van der Waals surface area contributed by atoms with Crippen LogP contribution in [0.1, 0.15) is 29.5 Å². The van der Waals surface area contributed by atoms with E-state index in [-0.39, 0.29) is 50.3 Å². The number of benzene rings is 1. The van der Waals surface area contributed by atoms with E-state index in [1.807, 2.05) is 0 Å². The third-order valence-corrected chi connectivity index (χ3v) is 8.80. The summed E-state index contributed by atoms with van der Waals surface area (Å²) in [5.74, 6) is -0.805. The summed E-state index contributed by atoms with van der Waals surface area (Å²) < 4.78 is 68.8. The van der Waals surface area contributed by atoms with Gasteiger partial charge in [0.15, 0.2) is 11.6 Å². The molecule has 1 aromatic heterocycles. The van der Waals surface area contributed by atoms with Gasteiger partial charge in [-0.2, -0.15) is 18.3 Å². The highest BCUT2D eigenvalue weighted by Gasteiger charge is 2.40. The first-order chi connectivity index (χ1) is 18.7. The van der Waals surface area contributed by atoms with Crippen LogP contribution in [0.25, 0.3) is 0 Å². The second-order valence-corrected chi connectivity index (χ2v) is 17.1. The number of carbonyl (C=O) groups is 1. The fourth-order valence-corrected chi connectivity index (χ4v) is 5.63. The van der Waals surface area contributed by atoms with Crippen LogP contribution in [0, 0.1) is 11.7 Å². The van der Waals surface area contributed by atoms with Crippen molar-refractivity contribution in [1.82, 2.24) is 14.7 Å². The van der Waals surface area contributed by atoms with Gasteiger partial charge in [0, 0.05) is 46.8 Å². The monoisotopic (exact) mass is 586 g/mol. The molecular weight excluding hydrogens is 552 g/mol. The summed E-state index contributed by atoms with van der Waals surface area (Å²) in [6.45, 7) is 7.16. The first-order valence-electron chi connectivity index (χ1n) is 13.1. The zero-order valence-electron chi connectivity index (χ0n) is 22.8. The number of anilines is 1. The topological polar surface area (TPSA) is 97.1 Å². The van der Waals surface area contributed by atoms with Crippen LogP contribution in [0.3, 0.4) is 0 Å². The Kier molecular flexibility index (Phi) is 8.78. The number of alkyl halides is 3. The number of piperidine rings is 1. The van der Waals surface area contributed by atoms with E-state index in [4.69, 9.17) is 9.47 Å². The van der Waals surface area contributed by atoms with Gasteiger partial charge in [0.2, 0.25) is 0 Å². The largest absolute Gasteiger partial charge is 0.490 e. The minimum atomic E-state index is -4.94. The molecule has 2 aliphatic rings. The number of fused-ring (bicyclic) bond motifs is 1. The second-order valence-electron chi connectivity index (χ2n) is 11.5. The van der Waals surface area contributed by atoms with Crippen molar-refractivity contribution >= 4 is 19.9 Å². The van der Waals surface area contributed by atoms with Crippen LogP contribution in [0.2, 0.25) is 25.7 Å². The maximum atomic E-state index is 14.8. The van der Waals surface area contributed by atoms with Crippen molar-refractivity contribution in [2.75, 3.05) is 31.2 Å². The third-order valence-electron chi connectivity index (χ3n) is 7.10. The molecule has 4 rings (SSSR count). The number of rotatable bonds is 9. The van der Waals surface area contributed by atoms with Crippen LogP contribution in [-0.2, 0) is 30.7 Å². The van der Waals surface area contributed by atoms with Crippen molar-refractivity contribution in [3.63, 3.8) is 0 Å². The molecule has 40 heavy (non-hydrogen) atoms. The molecule has 1 amide bonds. The van der Waals surface area contributed by atoms with Gasteiger partial charge in [-0.25, -0.2) is 13.9 Å². The standard InChI is InChI=1S/C26H34F4N4O5Si/c1-40(2,3)8-7-38-16-34-24(35)23(26(28,29)30)21(11-31-34)33-13-18-9-20(27)22(10-19(18)14-33)39-15-17-5-4-6-32(12-17)25(36)37/h9-11,17H,4-8,12-16H2,1-3H3,(H,36,37). The maximum absolute atomic E-state index is 14.8. The number of hydrogen-bond acceptors (Lipinski definition) is 6. The average molecular weight is 587 g/mol. The van der Waals surface area contributed by atoms with Crippen LogP contribution in [0.15, 0.2) is 23.1 Å². The van der Waals surface area contributed by atoms with Gasteiger partial charge >= 0.3 is 12.3 Å². The lowest BCUT2D eigenvalue weighted by molar-refractivity contribution is -0.138. The lowest BCUT2D eigenvalue weighted by Gasteiger charge is -2.30. The number of amides is 1. The molecule has 0 saturated carbocycles. The number of nitrogens with zero attached hydrogens (tertiary/aromatic N) is 4. The van der Waals surface area contributed by atoms with Gasteiger partial charge < -0.3 is 24.4 Å². The molecule has 0 aliphatic carbocycles. The van der Waals surface area contributed by atoms with Crippen molar-refractivity contribution in [3.8, 4) is 5.75 Å². The number of ether oxygens (including phenoxy) is 2. The number of hydrogen-bond donors (Lipinski definition) is 1. The van der Waals surface area contributed by atoms with Crippen molar-refractivity contribution in [1.29, 1.82) is 0 Å². The molecule has 1 atom stereocenters. The summed E-state index contributed by atoms with van der Waals surface area (Å²) in [5, 5.41) is 13.1. The summed E-state index contributed by atoms with van der Waals surface area (Å²) in [4.78, 5) is 26.7. The van der Waals surface area contributed by atoms with Gasteiger partial charge in [0.05, 0.1) is 18.5 Å². The Morgan fingerprint density at radius 2 is 1.90 bits per heavy atom. The lowest BCUT2D eigenvalue weighted by Crippen LogP contribution is -2.40. The molecular formula is C26H34F4N4O5Si. The van der Waals surface area contributed by atoms with Gasteiger partial charge in [-0.1, -0.05) is 19.6 Å². The lowest BCUT2D eigenvalue weighted by atomic mass is 9.99. The highest BCUT2D eigenvalue weighted by atomic mass is 28.3. The molecule has 0 radical (unpaired) electrons. The Morgan fingerprint density at radius 3 is 2.55 bits per heavy atom. The van der Waals surface area contributed by atoms with E-state index in [0.717, 1.165) is 18.7 Å². The van der Waals surface area contributed by atoms with Gasteiger partial charge in [-0.15, -0.1) is 0 Å². The molecule has 14 heteroatoms. The number of carboxylic acid groups (broad SMARTS) is 1. The van der Waals surface area contributed by atoms with Crippen molar-refractivity contribution in [2.45, 2.75) is 64.5 Å². The van der Waals surface area contributed by atoms with E-state index in [0.29, 0.717) is 35.4 Å². The Labute approximate surface area is 230 Å². The van der Waals surface area contributed by atoms with E-state index in [2.05, 4.69) is 24.7 Å². The number of halogens is 4. The van der Waals surface area contributed by atoms with E-state index < -0.39 is 37.3 Å². The molecule has 2 aromatic rings. The molecule has 2 aliphatic heterocycles. The van der Waals surface area contributed by atoms with Crippen LogP contribution < -0.4 is 15.2 Å². The number of likely N-dealkylation sites (tertiary alicyclic amines) is 1. The van der Waals surface area contributed by atoms with Crippen LogP contribution in [0.5, 0.6) is 5.75 Å². The highest BCUT2D eigenvalue weighted by Crippen LogP contribution is 2.38. The molecule has 9 nitrogen and oxygen atoms in total. The minimum absolute atomic E-state index is 0.00309. The Morgan fingerprint density at radius 1 is 1.20 bits per heavy atom. The maximum Gasteiger partial charge on any atom is 0.423 e. The summed E-state index contributed by atoms with van der Waals surface area (Å²) in [7, 11) is -1.42. The Hall–Kier alpha value is -3.13. The molecule has 1 N–H and O–H groups in total. The van der Waals surface area contributed by atoms with Gasteiger partial charge in [-0.3, -0.25) is 4.79 Å². The summed E-state index contributed by atoms with van der Waals surface area (Å²) in [5.41, 5.74) is -1.98. The SMILES string of the molecule is C[Si](C)(C)CCOCn1ncc(N2Cc3cc(F)c(OCC4CCCN(C(=O)O)C4)cc3C2)c(C(F)(F)F)c1=O. The third kappa shape index (κ3) is 7.13. The number of aromatic nitrogens is 2. The van der Waals surface area contributed by atoms with Crippen LogP contribution in [-0.4, -0.2) is 60.3 Å². The first-order valence-corrected chi connectivity index (χ1v) is 16.9. The molecule has 220 valence electrons. The molecule has 1 fully saturated rings. The van der Waals surface area contributed by atoms with Crippen molar-refractivity contribution in [3.05, 3.63) is 51.2 Å². The quantitative estimate of drug-likeness (QED) is 0.251. The summed E-state index contributed by atoms with van der Waals surface area (Å²) in [6.07, 6.45) is -3.52. The van der Waals surface area contributed by atoms with E-state index >= 15 is 0 Å². The Bertz CT molecular complexity index is 1300. The average Bonchev–Trinajstić information content (AvgIpc) is 3.27. The van der Waals surface area contributed by atoms with Crippen LogP contribution >= 0.6 is 0 Å². The van der Waals surface area contributed by atoms with E-state index in [9.17, 15) is 32.3 Å². The Balaban J connectivity index is 1.48. The molecule has 1 aromatic carbocycles. The van der Waals surface area contributed by atoms with Gasteiger partial charge in [0.25, 0.3) is 5.56 Å². The molecule has 1 saturated heterocycles. The van der Waals surface area contributed by atoms with Crippen LogP contribution in [0.4, 0.5) is 28.0 Å². The summed E-state index contributed by atoms with van der Waals surface area (Å²) >= 11 is 0. The molecule has 0 bridgehead atoms. The normalized spacial score (nSPS) is 17.7. The fourth-order valence-electron chi connectivity index (χ4n) is 4.87. The van der Waals surface area contributed by atoms with E-state index in [1.165, 1.54) is 21.9 Å². The zero-order valence-corrected chi connectivity index (χ0v) is 23.8. The van der Waals surface area contributed by atoms with E-state index in [1.54, 1.807) is 0 Å².